The minimum absolute atomic E-state index is 0.282. The lowest BCUT2D eigenvalue weighted by atomic mass is 9.78. The summed E-state index contributed by atoms with van der Waals surface area (Å²) in [5.74, 6) is 2.17. The minimum atomic E-state index is -0.689. The van der Waals surface area contributed by atoms with E-state index in [4.69, 9.17) is 5.11 Å². The van der Waals surface area contributed by atoms with E-state index in [2.05, 4.69) is 54.2 Å². The molecule has 0 unspecified atom stereocenters. The summed E-state index contributed by atoms with van der Waals surface area (Å²) < 4.78 is 0. The lowest BCUT2D eigenvalue weighted by Gasteiger charge is -2.28. The van der Waals surface area contributed by atoms with Gasteiger partial charge in [-0.1, -0.05) is 30.4 Å². The summed E-state index contributed by atoms with van der Waals surface area (Å²) >= 11 is 4.24. The van der Waals surface area contributed by atoms with E-state index in [0.29, 0.717) is 0 Å². The van der Waals surface area contributed by atoms with Crippen LogP contribution in [0.4, 0.5) is 0 Å². The Hall–Kier alpha value is -0.870. The molecule has 1 aromatic carbocycles. The fraction of sp³-hybridized carbons (Fsp3) is 0.550. The van der Waals surface area contributed by atoms with Gasteiger partial charge in [0.25, 0.3) is 0 Å². The smallest absolute Gasteiger partial charge is 0.303 e. The Balaban J connectivity index is 1.47. The Labute approximate surface area is 153 Å². The topological polar surface area (TPSA) is 37.3 Å². The van der Waals surface area contributed by atoms with E-state index >= 15 is 0 Å². The molecule has 0 aliphatic carbocycles. The van der Waals surface area contributed by atoms with Crippen molar-refractivity contribution in [1.82, 2.24) is 0 Å². The van der Waals surface area contributed by atoms with Crippen molar-refractivity contribution in [3.05, 3.63) is 42.5 Å². The summed E-state index contributed by atoms with van der Waals surface area (Å²) in [6.45, 7) is 0. The molecular formula is C20H26O2S2. The molecule has 2 bridgehead atoms. The number of carbonyl (C=O) groups is 1. The molecule has 2 heterocycles. The van der Waals surface area contributed by atoms with Crippen LogP contribution in [0.1, 0.15) is 38.5 Å². The largest absolute Gasteiger partial charge is 0.481 e. The number of allylic oxidation sites excluding steroid dienone is 2. The summed E-state index contributed by atoms with van der Waals surface area (Å²) in [4.78, 5) is 11.9. The highest BCUT2D eigenvalue weighted by Gasteiger charge is 2.47. The van der Waals surface area contributed by atoms with E-state index in [0.717, 1.165) is 35.2 Å². The predicted molar refractivity (Wildman–Crippen MR) is 104 cm³/mol. The molecule has 1 aromatic rings. The molecule has 2 nitrogen and oxygen atoms in total. The number of benzene rings is 1. The maximum atomic E-state index is 10.5. The van der Waals surface area contributed by atoms with Crippen molar-refractivity contribution in [2.75, 3.05) is 5.75 Å². The minimum Gasteiger partial charge on any atom is -0.481 e. The van der Waals surface area contributed by atoms with Gasteiger partial charge < -0.3 is 5.11 Å². The molecule has 1 N–H and O–H groups in total. The summed E-state index contributed by atoms with van der Waals surface area (Å²) in [6, 6.07) is 10.7. The highest BCUT2D eigenvalue weighted by atomic mass is 32.2. The van der Waals surface area contributed by atoms with Crippen molar-refractivity contribution in [3.63, 3.8) is 0 Å². The van der Waals surface area contributed by atoms with E-state index in [1.54, 1.807) is 0 Å². The molecule has 0 radical (unpaired) electrons. The zero-order valence-electron chi connectivity index (χ0n) is 14.0. The van der Waals surface area contributed by atoms with Gasteiger partial charge in [-0.15, -0.1) is 11.8 Å². The number of hydrogen-bond donors (Lipinski definition) is 1. The third-order valence-corrected chi connectivity index (χ3v) is 8.14. The Morgan fingerprint density at radius 1 is 1.17 bits per heavy atom. The normalized spacial score (nSPS) is 28.7. The van der Waals surface area contributed by atoms with Crippen LogP contribution in [0.5, 0.6) is 0 Å². The number of carboxylic acids is 1. The van der Waals surface area contributed by atoms with Crippen LogP contribution in [-0.4, -0.2) is 27.3 Å². The van der Waals surface area contributed by atoms with Crippen molar-refractivity contribution >= 4 is 29.5 Å². The molecule has 2 saturated heterocycles. The van der Waals surface area contributed by atoms with Gasteiger partial charge in [0.05, 0.1) is 0 Å². The van der Waals surface area contributed by atoms with E-state index < -0.39 is 5.97 Å². The molecule has 130 valence electrons. The Kier molecular flexibility index (Phi) is 6.73. The van der Waals surface area contributed by atoms with Crippen molar-refractivity contribution in [3.8, 4) is 0 Å². The van der Waals surface area contributed by atoms with E-state index in [1.165, 1.54) is 29.9 Å². The predicted octanol–water partition coefficient (Wildman–Crippen LogP) is 5.49. The average Bonchev–Trinajstić information content (AvgIpc) is 3.18. The van der Waals surface area contributed by atoms with Gasteiger partial charge in [-0.3, -0.25) is 4.79 Å². The molecule has 0 amide bonds. The van der Waals surface area contributed by atoms with Crippen molar-refractivity contribution in [2.24, 2.45) is 11.8 Å². The van der Waals surface area contributed by atoms with E-state index in [9.17, 15) is 4.79 Å². The molecule has 4 heteroatoms. The molecule has 24 heavy (non-hydrogen) atoms. The number of aliphatic carboxylic acids is 1. The van der Waals surface area contributed by atoms with Gasteiger partial charge >= 0.3 is 5.97 Å². The van der Waals surface area contributed by atoms with Gasteiger partial charge in [0, 0.05) is 27.6 Å². The second-order valence-electron chi connectivity index (χ2n) is 6.74. The highest BCUT2D eigenvalue weighted by molar-refractivity contribution is 8.01. The van der Waals surface area contributed by atoms with Crippen LogP contribution in [-0.2, 0) is 4.79 Å². The average molecular weight is 363 g/mol. The van der Waals surface area contributed by atoms with Crippen LogP contribution in [0, 0.1) is 11.8 Å². The third kappa shape index (κ3) is 4.82. The number of fused-ring (bicyclic) bond motifs is 2. The monoisotopic (exact) mass is 362 g/mol. The summed E-state index contributed by atoms with van der Waals surface area (Å²) in [7, 11) is 0. The van der Waals surface area contributed by atoms with Gasteiger partial charge in [-0.25, -0.2) is 0 Å². The Morgan fingerprint density at radius 3 is 2.67 bits per heavy atom. The van der Waals surface area contributed by atoms with Gasteiger partial charge in [0.2, 0.25) is 0 Å². The lowest BCUT2D eigenvalue weighted by Crippen LogP contribution is -2.28. The maximum absolute atomic E-state index is 10.5. The van der Waals surface area contributed by atoms with Crippen LogP contribution < -0.4 is 0 Å². The van der Waals surface area contributed by atoms with Crippen LogP contribution in [0.3, 0.4) is 0 Å². The number of hydrogen-bond acceptors (Lipinski definition) is 3. The molecular weight excluding hydrogens is 336 g/mol. The molecule has 0 spiro atoms. The second-order valence-corrected chi connectivity index (χ2v) is 9.31. The third-order valence-electron chi connectivity index (χ3n) is 5.11. The van der Waals surface area contributed by atoms with Crippen molar-refractivity contribution in [1.29, 1.82) is 0 Å². The van der Waals surface area contributed by atoms with Crippen LogP contribution in [0.25, 0.3) is 0 Å². The summed E-state index contributed by atoms with van der Waals surface area (Å²) in [6.07, 6.45) is 10.4. The van der Waals surface area contributed by atoms with Gasteiger partial charge in [-0.2, -0.15) is 11.8 Å². The zero-order chi connectivity index (χ0) is 16.8. The maximum Gasteiger partial charge on any atom is 0.303 e. The Morgan fingerprint density at radius 2 is 1.92 bits per heavy atom. The molecule has 0 aromatic heterocycles. The van der Waals surface area contributed by atoms with Crippen LogP contribution in [0.2, 0.25) is 0 Å². The molecule has 2 aliphatic heterocycles. The first-order valence-corrected chi connectivity index (χ1v) is 10.9. The molecule has 4 atom stereocenters. The van der Waals surface area contributed by atoms with E-state index in [-0.39, 0.29) is 6.42 Å². The highest BCUT2D eigenvalue weighted by Crippen LogP contribution is 2.55. The fourth-order valence-corrected chi connectivity index (χ4v) is 7.22. The van der Waals surface area contributed by atoms with Gasteiger partial charge in [0.15, 0.2) is 0 Å². The summed E-state index contributed by atoms with van der Waals surface area (Å²) in [5.41, 5.74) is 0. The molecule has 2 fully saturated rings. The lowest BCUT2D eigenvalue weighted by molar-refractivity contribution is -0.137. The number of carboxylic acid groups (broad SMARTS) is 1. The van der Waals surface area contributed by atoms with Crippen LogP contribution >= 0.6 is 23.5 Å². The zero-order valence-corrected chi connectivity index (χ0v) is 15.6. The van der Waals surface area contributed by atoms with Gasteiger partial charge in [0.1, 0.15) is 0 Å². The second kappa shape index (κ2) is 9.00. The van der Waals surface area contributed by atoms with E-state index in [1.807, 2.05) is 11.8 Å². The number of thioether (sulfide) groups is 2. The van der Waals surface area contributed by atoms with Crippen molar-refractivity contribution in [2.45, 2.75) is 53.9 Å². The quantitative estimate of drug-likeness (QED) is 0.358. The fourth-order valence-electron chi connectivity index (χ4n) is 3.88. The molecule has 2 aliphatic rings. The summed E-state index contributed by atoms with van der Waals surface area (Å²) in [5, 5.41) is 10.4. The first-order chi connectivity index (χ1) is 11.7. The number of rotatable bonds is 9. The standard InChI is InChI=1S/C20H26O2S2/c21-20(22)11-7-2-1-6-10-16-17(19-13-12-18(16)24-19)14-23-15-8-4-3-5-9-15/h1,3-6,8-9,16-19H,2,7,10-14H2,(H,21,22)/b6-1-/t16-,17+,18-,19+/m1/s1. The SMILES string of the molecule is O=C(O)CCC/C=C\C[C@@H]1[C@H](CSc2ccccc2)[C@@H]2CC[C@H]1S2. The molecule has 3 rings (SSSR count). The molecule has 0 saturated carbocycles. The first-order valence-electron chi connectivity index (χ1n) is 8.94. The Bertz CT molecular complexity index is 558. The first kappa shape index (κ1) is 17.9. The van der Waals surface area contributed by atoms with Gasteiger partial charge in [-0.05, 0) is 56.1 Å². The number of unbranched alkanes of at least 4 members (excludes halogenated alkanes) is 1. The van der Waals surface area contributed by atoms with Crippen molar-refractivity contribution < 1.29 is 9.90 Å². The van der Waals surface area contributed by atoms with Crippen LogP contribution in [0.15, 0.2) is 47.4 Å².